The quantitative estimate of drug-likeness (QED) is 0.114. The third kappa shape index (κ3) is 6.64. The molecule has 5 aromatic rings. The smallest absolute Gasteiger partial charge is 0.283 e. The number of nitrogens with zero attached hydrogens (tertiary/aromatic N) is 6. The van der Waals surface area contributed by atoms with E-state index < -0.39 is 11.7 Å². The number of hydrogen-bond acceptors (Lipinski definition) is 8. The molecule has 0 aliphatic heterocycles. The predicted octanol–water partition coefficient (Wildman–Crippen LogP) is 6.98. The van der Waals surface area contributed by atoms with Gasteiger partial charge in [-0.25, -0.2) is 9.38 Å². The summed E-state index contributed by atoms with van der Waals surface area (Å²) in [4.78, 5) is 30.9. The second-order valence-corrected chi connectivity index (χ2v) is 12.0. The van der Waals surface area contributed by atoms with E-state index >= 15 is 0 Å². The van der Waals surface area contributed by atoms with E-state index in [1.807, 2.05) is 55.9 Å². The molecule has 2 aromatic carbocycles. The Labute approximate surface area is 267 Å². The normalized spacial score (nSPS) is 16.8. The Morgan fingerprint density at radius 2 is 1.93 bits per heavy atom. The van der Waals surface area contributed by atoms with Gasteiger partial charge in [0.15, 0.2) is 11.5 Å². The Kier molecular flexibility index (Phi) is 9.11. The number of amides is 1. The van der Waals surface area contributed by atoms with Crippen LogP contribution in [0.15, 0.2) is 78.3 Å². The minimum Gasteiger partial charge on any atom is -0.350 e. The molecule has 1 aliphatic rings. The van der Waals surface area contributed by atoms with Crippen molar-refractivity contribution in [3.8, 4) is 11.3 Å². The minimum absolute atomic E-state index is 0.233. The van der Waals surface area contributed by atoms with E-state index in [-0.39, 0.29) is 5.92 Å². The van der Waals surface area contributed by atoms with Gasteiger partial charge in [0.25, 0.3) is 11.9 Å². The molecule has 1 aliphatic carbocycles. The standard InChI is InChI=1S/C35H38FN9O/c1-21(2)30-20-41-45-32(30)43-34(39-18-23-9-11-26(37-4)12-10-23)44-35(45)40-19-25-7-5-6-8-28(25)31-29-14-13-27(42-33(46)22(3)36)17-24(29)15-16-38-31/h5-8,13-18,20-21,23,26,37H,3,9-12,19H2,1-2,4H3,(H,42,46)(H,40,43,44)/b39-18+. The highest BCUT2D eigenvalue weighted by Crippen LogP contribution is 2.32. The maximum absolute atomic E-state index is 13.3. The molecule has 3 N–H and O–H groups in total. The van der Waals surface area contributed by atoms with Crippen LogP contribution in [0.2, 0.25) is 0 Å². The first-order valence-electron chi connectivity index (χ1n) is 15.6. The number of carbonyl (C=O) groups is 1. The third-order valence-corrected chi connectivity index (χ3v) is 8.56. The number of anilines is 2. The lowest BCUT2D eigenvalue weighted by Crippen LogP contribution is -2.30. The lowest BCUT2D eigenvalue weighted by Gasteiger charge is -2.25. The van der Waals surface area contributed by atoms with E-state index in [2.05, 4.69) is 41.5 Å². The van der Waals surface area contributed by atoms with Gasteiger partial charge in [0.1, 0.15) is 0 Å². The minimum atomic E-state index is -1.04. The van der Waals surface area contributed by atoms with Crippen LogP contribution in [0.25, 0.3) is 27.7 Å². The van der Waals surface area contributed by atoms with Gasteiger partial charge in [0, 0.05) is 47.2 Å². The molecule has 0 radical (unpaired) electrons. The van der Waals surface area contributed by atoms with Crippen molar-refractivity contribution in [2.75, 3.05) is 17.7 Å². The molecular weight excluding hydrogens is 581 g/mol. The molecule has 0 bridgehead atoms. The van der Waals surface area contributed by atoms with Crippen LogP contribution >= 0.6 is 0 Å². The fourth-order valence-corrected chi connectivity index (χ4v) is 5.94. The van der Waals surface area contributed by atoms with Crippen molar-refractivity contribution in [3.05, 3.63) is 84.5 Å². The fourth-order valence-electron chi connectivity index (χ4n) is 5.94. The fraction of sp³-hybridized carbons (Fsp3) is 0.314. The summed E-state index contributed by atoms with van der Waals surface area (Å²) in [6.45, 7) is 7.75. The molecule has 1 saturated carbocycles. The number of benzene rings is 2. The van der Waals surface area contributed by atoms with Crippen molar-refractivity contribution in [1.82, 2.24) is 29.9 Å². The first-order valence-corrected chi connectivity index (χ1v) is 15.6. The molecule has 11 heteroatoms. The first-order chi connectivity index (χ1) is 22.3. The average Bonchev–Trinajstić information content (AvgIpc) is 3.51. The molecular formula is C35H38FN9O. The molecule has 236 valence electrons. The van der Waals surface area contributed by atoms with Crippen molar-refractivity contribution in [1.29, 1.82) is 0 Å². The Morgan fingerprint density at radius 1 is 1.13 bits per heavy atom. The number of halogens is 1. The zero-order valence-electron chi connectivity index (χ0n) is 26.3. The largest absolute Gasteiger partial charge is 0.350 e. The lowest BCUT2D eigenvalue weighted by molar-refractivity contribution is -0.114. The van der Waals surface area contributed by atoms with E-state index in [0.29, 0.717) is 36.1 Å². The van der Waals surface area contributed by atoms with Crippen LogP contribution in [0.3, 0.4) is 0 Å². The van der Waals surface area contributed by atoms with Gasteiger partial charge in [-0.15, -0.1) is 0 Å². The van der Waals surface area contributed by atoms with Gasteiger partial charge >= 0.3 is 0 Å². The molecule has 1 fully saturated rings. The SMILES string of the molecule is C=C(F)C(=O)Nc1ccc2c(-c3ccccc3CNc3nc(/N=C/C4CCC(NC)CC4)nc4c(C(C)C)cnn34)nccc2c1. The maximum atomic E-state index is 13.3. The van der Waals surface area contributed by atoms with Crippen molar-refractivity contribution < 1.29 is 9.18 Å². The number of nitrogens with one attached hydrogen (secondary N) is 3. The molecule has 1 amide bonds. The molecule has 3 heterocycles. The summed E-state index contributed by atoms with van der Waals surface area (Å²) in [7, 11) is 2.03. The van der Waals surface area contributed by atoms with Gasteiger partial charge in [0.05, 0.1) is 11.9 Å². The molecule has 3 aromatic heterocycles. The number of aliphatic imine (C=N–C) groups is 1. The Hall–Kier alpha value is -5.03. The van der Waals surface area contributed by atoms with Crippen LogP contribution in [-0.2, 0) is 11.3 Å². The Balaban J connectivity index is 1.29. The lowest BCUT2D eigenvalue weighted by atomic mass is 9.87. The Morgan fingerprint density at radius 3 is 2.70 bits per heavy atom. The van der Waals surface area contributed by atoms with Crippen LogP contribution in [0.5, 0.6) is 0 Å². The van der Waals surface area contributed by atoms with Crippen molar-refractivity contribution in [2.45, 2.75) is 58.0 Å². The summed E-state index contributed by atoms with van der Waals surface area (Å²) in [5, 5.41) is 15.8. The number of hydrogen-bond donors (Lipinski definition) is 3. The van der Waals surface area contributed by atoms with Gasteiger partial charge in [-0.05, 0) is 73.7 Å². The molecule has 6 rings (SSSR count). The summed E-state index contributed by atoms with van der Waals surface area (Å²) in [6.07, 6.45) is 10.0. The van der Waals surface area contributed by atoms with Gasteiger partial charge in [-0.3, -0.25) is 9.78 Å². The molecule has 46 heavy (non-hydrogen) atoms. The first kappa shape index (κ1) is 31.0. The Bertz CT molecular complexity index is 1920. The number of pyridine rings is 1. The highest BCUT2D eigenvalue weighted by atomic mass is 19.1. The average molecular weight is 620 g/mol. The highest BCUT2D eigenvalue weighted by Gasteiger charge is 2.20. The highest BCUT2D eigenvalue weighted by molar-refractivity contribution is 6.04. The van der Waals surface area contributed by atoms with Gasteiger partial charge in [-0.2, -0.15) is 19.6 Å². The third-order valence-electron chi connectivity index (χ3n) is 8.56. The van der Waals surface area contributed by atoms with Crippen LogP contribution < -0.4 is 16.0 Å². The monoisotopic (exact) mass is 619 g/mol. The van der Waals surface area contributed by atoms with Crippen molar-refractivity contribution in [3.63, 3.8) is 0 Å². The molecule has 10 nitrogen and oxygen atoms in total. The summed E-state index contributed by atoms with van der Waals surface area (Å²) in [5.74, 6) is -0.302. The van der Waals surface area contributed by atoms with E-state index in [1.54, 1.807) is 22.8 Å². The number of carbonyl (C=O) groups excluding carboxylic acids is 1. The zero-order chi connectivity index (χ0) is 32.2. The zero-order valence-corrected chi connectivity index (χ0v) is 26.3. The van der Waals surface area contributed by atoms with Gasteiger partial charge < -0.3 is 16.0 Å². The predicted molar refractivity (Wildman–Crippen MR) is 181 cm³/mol. The second kappa shape index (κ2) is 13.5. The van der Waals surface area contributed by atoms with E-state index in [9.17, 15) is 9.18 Å². The van der Waals surface area contributed by atoms with E-state index in [4.69, 9.17) is 19.9 Å². The molecule has 0 unspecified atom stereocenters. The topological polar surface area (TPSA) is 121 Å². The number of rotatable bonds is 10. The van der Waals surface area contributed by atoms with Crippen LogP contribution in [0.1, 0.15) is 56.6 Å². The number of aromatic nitrogens is 5. The maximum Gasteiger partial charge on any atom is 0.283 e. The number of fused-ring (bicyclic) bond motifs is 2. The van der Waals surface area contributed by atoms with Crippen molar-refractivity contribution >= 4 is 46.1 Å². The summed E-state index contributed by atoms with van der Waals surface area (Å²) in [5.41, 5.74) is 4.97. The van der Waals surface area contributed by atoms with Crippen LogP contribution in [0, 0.1) is 5.92 Å². The van der Waals surface area contributed by atoms with E-state index in [0.717, 1.165) is 64.5 Å². The van der Waals surface area contributed by atoms with Crippen LogP contribution in [0.4, 0.5) is 22.0 Å². The van der Waals surface area contributed by atoms with Gasteiger partial charge in [-0.1, -0.05) is 50.8 Å². The summed E-state index contributed by atoms with van der Waals surface area (Å²) < 4.78 is 15.0. The van der Waals surface area contributed by atoms with E-state index in [1.165, 1.54) is 0 Å². The summed E-state index contributed by atoms with van der Waals surface area (Å²) in [6, 6.07) is 15.9. The molecule has 0 spiro atoms. The van der Waals surface area contributed by atoms with Crippen molar-refractivity contribution in [2.24, 2.45) is 10.9 Å². The second-order valence-electron chi connectivity index (χ2n) is 12.0. The van der Waals surface area contributed by atoms with Crippen LogP contribution in [-0.4, -0.2) is 49.8 Å². The van der Waals surface area contributed by atoms with Gasteiger partial charge in [0.2, 0.25) is 5.95 Å². The molecule has 0 saturated heterocycles. The molecule has 0 atom stereocenters. The summed E-state index contributed by atoms with van der Waals surface area (Å²) >= 11 is 0.